The minimum absolute atomic E-state index is 0.390. The number of rotatable bonds is 7. The van der Waals surface area contributed by atoms with Crippen LogP contribution in [0.2, 0.25) is 0 Å². The molecule has 7 heteroatoms. The van der Waals surface area contributed by atoms with E-state index in [-0.39, 0.29) is 0 Å². The number of nitrogens with zero attached hydrogens (tertiary/aromatic N) is 4. The molecule has 1 fully saturated rings. The zero-order chi connectivity index (χ0) is 17.3. The fraction of sp³-hybridized carbons (Fsp3) is 0.412. The van der Waals surface area contributed by atoms with Gasteiger partial charge in [-0.15, -0.1) is 6.58 Å². The molecule has 128 valence electrons. The summed E-state index contributed by atoms with van der Waals surface area (Å²) in [4.78, 5) is 2.14. The third kappa shape index (κ3) is 3.62. The molecule has 24 heavy (non-hydrogen) atoms. The molecule has 1 heterocycles. The summed E-state index contributed by atoms with van der Waals surface area (Å²) < 4.78 is 31.3. The predicted octanol–water partition coefficient (Wildman–Crippen LogP) is 3.81. The summed E-state index contributed by atoms with van der Waals surface area (Å²) in [5.41, 5.74) is 0.483. The van der Waals surface area contributed by atoms with Gasteiger partial charge >= 0.3 is 0 Å². The van der Waals surface area contributed by atoms with Crippen molar-refractivity contribution in [1.82, 2.24) is 19.2 Å². The number of aryl methyl sites for hydroxylation is 1. The van der Waals surface area contributed by atoms with Crippen LogP contribution in [-0.4, -0.2) is 25.3 Å². The highest BCUT2D eigenvalue weighted by Gasteiger charge is 2.30. The fourth-order valence-corrected chi connectivity index (χ4v) is 3.06. The molecule has 0 N–H and O–H groups in total. The SMILES string of the molecule is C=CCn1c(C)nn(CN(Cc2ccc(F)cc2F)C2CC2)c1=S. The molecular formula is C17H20F2N4S. The van der Waals surface area contributed by atoms with Gasteiger partial charge in [0, 0.05) is 30.8 Å². The second-order valence-electron chi connectivity index (χ2n) is 6.08. The molecule has 1 aliphatic rings. The molecule has 1 saturated carbocycles. The molecule has 0 spiro atoms. The highest BCUT2D eigenvalue weighted by atomic mass is 32.1. The summed E-state index contributed by atoms with van der Waals surface area (Å²) >= 11 is 5.48. The number of allylic oxidation sites excluding steroid dienone is 1. The van der Waals surface area contributed by atoms with Crippen molar-refractivity contribution >= 4 is 12.2 Å². The van der Waals surface area contributed by atoms with Crippen molar-refractivity contribution in [3.05, 3.63) is 58.6 Å². The number of hydrogen-bond donors (Lipinski definition) is 0. The van der Waals surface area contributed by atoms with E-state index in [0.29, 0.717) is 36.1 Å². The smallest absolute Gasteiger partial charge is 0.199 e. The predicted molar refractivity (Wildman–Crippen MR) is 90.9 cm³/mol. The van der Waals surface area contributed by atoms with E-state index in [1.54, 1.807) is 10.8 Å². The maximum Gasteiger partial charge on any atom is 0.199 e. The Kier molecular flexibility index (Phi) is 4.91. The van der Waals surface area contributed by atoms with Crippen molar-refractivity contribution in [3.8, 4) is 0 Å². The fourth-order valence-electron chi connectivity index (χ4n) is 2.76. The molecule has 0 radical (unpaired) electrons. The molecule has 3 rings (SSSR count). The van der Waals surface area contributed by atoms with Gasteiger partial charge in [0.15, 0.2) is 4.77 Å². The van der Waals surface area contributed by atoms with Gasteiger partial charge in [-0.2, -0.15) is 5.10 Å². The van der Waals surface area contributed by atoms with Gasteiger partial charge in [0.1, 0.15) is 17.5 Å². The molecule has 1 aromatic carbocycles. The van der Waals surface area contributed by atoms with Crippen LogP contribution in [0.3, 0.4) is 0 Å². The van der Waals surface area contributed by atoms with Crippen LogP contribution in [0.1, 0.15) is 24.2 Å². The molecule has 0 saturated heterocycles. The molecule has 2 aromatic rings. The first kappa shape index (κ1) is 17.0. The van der Waals surface area contributed by atoms with Gasteiger partial charge in [-0.25, -0.2) is 13.5 Å². The van der Waals surface area contributed by atoms with E-state index in [1.807, 2.05) is 11.5 Å². The quantitative estimate of drug-likeness (QED) is 0.561. The summed E-state index contributed by atoms with van der Waals surface area (Å²) in [6, 6.07) is 4.11. The Balaban J connectivity index is 1.81. The van der Waals surface area contributed by atoms with Crippen LogP contribution in [-0.2, 0) is 19.8 Å². The van der Waals surface area contributed by atoms with Gasteiger partial charge in [0.25, 0.3) is 0 Å². The first-order valence-corrected chi connectivity index (χ1v) is 8.33. The number of benzene rings is 1. The van der Waals surface area contributed by atoms with Crippen molar-refractivity contribution in [2.24, 2.45) is 0 Å². The third-order valence-corrected chi connectivity index (χ3v) is 4.62. The highest BCUT2D eigenvalue weighted by molar-refractivity contribution is 7.71. The molecule has 0 atom stereocenters. The Bertz CT molecular complexity index is 807. The minimum Gasteiger partial charge on any atom is -0.300 e. The summed E-state index contributed by atoms with van der Waals surface area (Å²) in [5, 5.41) is 4.49. The number of hydrogen-bond acceptors (Lipinski definition) is 3. The van der Waals surface area contributed by atoms with Gasteiger partial charge in [0.05, 0.1) is 6.67 Å². The maximum absolute atomic E-state index is 14.0. The number of halogens is 2. The Morgan fingerprint density at radius 1 is 1.42 bits per heavy atom. The van der Waals surface area contributed by atoms with E-state index in [1.165, 1.54) is 12.1 Å². The van der Waals surface area contributed by atoms with Crippen LogP contribution in [0.5, 0.6) is 0 Å². The van der Waals surface area contributed by atoms with E-state index in [4.69, 9.17) is 12.2 Å². The number of aromatic nitrogens is 3. The highest BCUT2D eigenvalue weighted by Crippen LogP contribution is 2.29. The summed E-state index contributed by atoms with van der Waals surface area (Å²) in [6.45, 7) is 7.14. The van der Waals surface area contributed by atoms with Crippen molar-refractivity contribution < 1.29 is 8.78 Å². The average Bonchev–Trinajstić information content (AvgIpc) is 3.33. The summed E-state index contributed by atoms with van der Waals surface area (Å²) in [6.07, 6.45) is 3.92. The van der Waals surface area contributed by atoms with E-state index >= 15 is 0 Å². The topological polar surface area (TPSA) is 26.0 Å². The third-order valence-electron chi connectivity index (χ3n) is 4.19. The van der Waals surface area contributed by atoms with Crippen molar-refractivity contribution in [2.45, 2.75) is 45.6 Å². The minimum atomic E-state index is -0.560. The first-order valence-electron chi connectivity index (χ1n) is 7.92. The molecule has 0 aliphatic heterocycles. The van der Waals surface area contributed by atoms with Crippen LogP contribution < -0.4 is 0 Å². The first-order chi connectivity index (χ1) is 11.5. The van der Waals surface area contributed by atoms with Crippen LogP contribution in [0.25, 0.3) is 0 Å². The van der Waals surface area contributed by atoms with Crippen LogP contribution in [0.15, 0.2) is 30.9 Å². The maximum atomic E-state index is 14.0. The molecule has 0 bridgehead atoms. The molecular weight excluding hydrogens is 330 g/mol. The second-order valence-corrected chi connectivity index (χ2v) is 6.45. The van der Waals surface area contributed by atoms with Gasteiger partial charge in [-0.1, -0.05) is 12.1 Å². The van der Waals surface area contributed by atoms with E-state index < -0.39 is 11.6 Å². The lowest BCUT2D eigenvalue weighted by Gasteiger charge is -2.22. The molecule has 0 amide bonds. The van der Waals surface area contributed by atoms with E-state index in [2.05, 4.69) is 16.6 Å². The van der Waals surface area contributed by atoms with Gasteiger partial charge < -0.3 is 4.57 Å². The lowest BCUT2D eigenvalue weighted by molar-refractivity contribution is 0.184. The Hall–Kier alpha value is -1.86. The van der Waals surface area contributed by atoms with Crippen LogP contribution in [0, 0.1) is 23.3 Å². The van der Waals surface area contributed by atoms with Crippen molar-refractivity contribution in [1.29, 1.82) is 0 Å². The second kappa shape index (κ2) is 6.94. The van der Waals surface area contributed by atoms with E-state index in [0.717, 1.165) is 24.7 Å². The standard InChI is InChI=1S/C17H20F2N4S/c1-3-8-22-12(2)20-23(17(22)24)11-21(15-6-7-15)10-13-4-5-14(18)9-16(13)19/h3-5,9,15H,1,6-8,10-11H2,2H3. The van der Waals surface area contributed by atoms with Crippen LogP contribution in [0.4, 0.5) is 8.78 Å². The molecule has 1 aromatic heterocycles. The Morgan fingerprint density at radius 3 is 2.79 bits per heavy atom. The van der Waals surface area contributed by atoms with Gasteiger partial charge in [-0.05, 0) is 38.0 Å². The lowest BCUT2D eigenvalue weighted by atomic mass is 10.2. The molecule has 0 unspecified atom stereocenters. The molecule has 1 aliphatic carbocycles. The monoisotopic (exact) mass is 350 g/mol. The Morgan fingerprint density at radius 2 is 2.17 bits per heavy atom. The van der Waals surface area contributed by atoms with Crippen molar-refractivity contribution in [3.63, 3.8) is 0 Å². The summed E-state index contributed by atoms with van der Waals surface area (Å²) in [5.74, 6) is -0.253. The van der Waals surface area contributed by atoms with E-state index in [9.17, 15) is 8.78 Å². The van der Waals surface area contributed by atoms with Gasteiger partial charge in [0.2, 0.25) is 0 Å². The molecule has 4 nitrogen and oxygen atoms in total. The zero-order valence-electron chi connectivity index (χ0n) is 13.6. The van der Waals surface area contributed by atoms with Crippen LogP contribution >= 0.6 is 12.2 Å². The summed E-state index contributed by atoms with van der Waals surface area (Å²) in [7, 11) is 0. The van der Waals surface area contributed by atoms with Gasteiger partial charge in [-0.3, -0.25) is 4.90 Å². The lowest BCUT2D eigenvalue weighted by Crippen LogP contribution is -2.29. The normalized spacial score (nSPS) is 14.3. The average molecular weight is 350 g/mol. The Labute approximate surface area is 145 Å². The largest absolute Gasteiger partial charge is 0.300 e. The van der Waals surface area contributed by atoms with Crippen molar-refractivity contribution in [2.75, 3.05) is 0 Å². The zero-order valence-corrected chi connectivity index (χ0v) is 14.4.